The summed E-state index contributed by atoms with van der Waals surface area (Å²) < 4.78 is 5.07. The van der Waals surface area contributed by atoms with Crippen molar-refractivity contribution in [3.05, 3.63) is 45.8 Å². The van der Waals surface area contributed by atoms with Crippen LogP contribution in [0.3, 0.4) is 0 Å². The number of methoxy groups -OCH3 is 1. The lowest BCUT2D eigenvalue weighted by molar-refractivity contribution is 0.0941. The Morgan fingerprint density at radius 1 is 1.48 bits per heavy atom. The van der Waals surface area contributed by atoms with Crippen LogP contribution in [0, 0.1) is 6.92 Å². The number of rotatable bonds is 5. The first kappa shape index (κ1) is 16.0. The molecule has 1 aliphatic heterocycles. The van der Waals surface area contributed by atoms with Crippen LogP contribution in [0.5, 0.6) is 5.88 Å². The number of nitrogens with zero attached hydrogens (tertiary/aromatic N) is 2. The molecule has 3 rings (SSSR count). The van der Waals surface area contributed by atoms with E-state index in [4.69, 9.17) is 4.74 Å². The van der Waals surface area contributed by atoms with Crippen molar-refractivity contribution in [2.75, 3.05) is 20.2 Å². The molecule has 0 aliphatic carbocycles. The monoisotopic (exact) mass is 331 g/mol. The number of amides is 1. The molecule has 2 aromatic rings. The minimum Gasteiger partial charge on any atom is -0.481 e. The van der Waals surface area contributed by atoms with Gasteiger partial charge in [-0.3, -0.25) is 9.69 Å². The zero-order chi connectivity index (χ0) is 16.2. The van der Waals surface area contributed by atoms with E-state index in [0.717, 1.165) is 42.1 Å². The van der Waals surface area contributed by atoms with Crippen molar-refractivity contribution in [3.8, 4) is 5.88 Å². The van der Waals surface area contributed by atoms with Gasteiger partial charge in [0.15, 0.2) is 0 Å². The molecule has 1 aliphatic rings. The highest BCUT2D eigenvalue weighted by Crippen LogP contribution is 2.18. The van der Waals surface area contributed by atoms with Crippen LogP contribution in [-0.4, -0.2) is 42.0 Å². The summed E-state index contributed by atoms with van der Waals surface area (Å²) in [5.41, 5.74) is 2.21. The summed E-state index contributed by atoms with van der Waals surface area (Å²) >= 11 is 1.50. The molecule has 0 radical (unpaired) electrons. The fourth-order valence-electron chi connectivity index (χ4n) is 2.83. The fraction of sp³-hybridized carbons (Fsp3) is 0.412. The Morgan fingerprint density at radius 3 is 3.00 bits per heavy atom. The van der Waals surface area contributed by atoms with Gasteiger partial charge in [0.1, 0.15) is 0 Å². The third-order valence-corrected chi connectivity index (χ3v) is 5.10. The van der Waals surface area contributed by atoms with Gasteiger partial charge in [0, 0.05) is 37.9 Å². The third-order valence-electron chi connectivity index (χ3n) is 4.09. The average Bonchev–Trinajstić information content (AvgIpc) is 3.17. The van der Waals surface area contributed by atoms with Crippen LogP contribution in [0.25, 0.3) is 0 Å². The maximum atomic E-state index is 12.3. The van der Waals surface area contributed by atoms with Crippen molar-refractivity contribution in [1.29, 1.82) is 0 Å². The van der Waals surface area contributed by atoms with Gasteiger partial charge >= 0.3 is 0 Å². The van der Waals surface area contributed by atoms with Gasteiger partial charge in [-0.15, -0.1) is 11.3 Å². The molecule has 1 amide bonds. The van der Waals surface area contributed by atoms with Crippen LogP contribution in [-0.2, 0) is 6.54 Å². The normalized spacial score (nSPS) is 18.1. The van der Waals surface area contributed by atoms with Gasteiger partial charge in [-0.05, 0) is 35.9 Å². The van der Waals surface area contributed by atoms with Gasteiger partial charge in [0.2, 0.25) is 5.88 Å². The van der Waals surface area contributed by atoms with E-state index in [1.165, 1.54) is 11.3 Å². The molecule has 0 spiro atoms. The number of pyridine rings is 1. The predicted octanol–water partition coefficient (Wildman–Crippen LogP) is 2.46. The number of ether oxygens (including phenoxy) is 1. The van der Waals surface area contributed by atoms with Crippen molar-refractivity contribution in [2.45, 2.75) is 25.9 Å². The average molecular weight is 331 g/mol. The van der Waals surface area contributed by atoms with Crippen LogP contribution in [0.4, 0.5) is 0 Å². The first-order valence-electron chi connectivity index (χ1n) is 7.72. The van der Waals surface area contributed by atoms with Crippen molar-refractivity contribution >= 4 is 17.2 Å². The third kappa shape index (κ3) is 3.89. The Morgan fingerprint density at radius 2 is 2.35 bits per heavy atom. The molecule has 0 bridgehead atoms. The van der Waals surface area contributed by atoms with Crippen LogP contribution >= 0.6 is 11.3 Å². The molecular weight excluding hydrogens is 310 g/mol. The molecule has 1 unspecified atom stereocenters. The highest BCUT2D eigenvalue weighted by atomic mass is 32.1. The lowest BCUT2D eigenvalue weighted by Gasteiger charge is -2.16. The van der Waals surface area contributed by atoms with E-state index in [1.807, 2.05) is 36.7 Å². The zero-order valence-electron chi connectivity index (χ0n) is 13.4. The molecule has 1 atom stereocenters. The van der Waals surface area contributed by atoms with E-state index in [1.54, 1.807) is 7.11 Å². The fourth-order valence-corrected chi connectivity index (χ4v) is 3.66. The van der Waals surface area contributed by atoms with E-state index in [0.29, 0.717) is 5.88 Å². The Hall–Kier alpha value is -1.92. The first-order chi connectivity index (χ1) is 11.2. The summed E-state index contributed by atoms with van der Waals surface area (Å²) in [6.45, 7) is 4.69. The number of carbonyl (C=O) groups is 1. The van der Waals surface area contributed by atoms with Gasteiger partial charge in [-0.2, -0.15) is 0 Å². The second-order valence-corrected chi connectivity index (χ2v) is 6.75. The molecule has 1 N–H and O–H groups in total. The molecule has 0 aromatic carbocycles. The van der Waals surface area contributed by atoms with Gasteiger partial charge in [-0.25, -0.2) is 4.98 Å². The Bertz CT molecular complexity index is 669. The van der Waals surface area contributed by atoms with E-state index >= 15 is 0 Å². The number of aromatic nitrogens is 1. The SMILES string of the molecule is COc1ccc(CN2CCC(NC(=O)c3sccc3C)C2)cn1. The minimum absolute atomic E-state index is 0.0514. The molecular formula is C17H21N3O2S. The topological polar surface area (TPSA) is 54.5 Å². The molecule has 1 saturated heterocycles. The number of aryl methyl sites for hydroxylation is 1. The van der Waals surface area contributed by atoms with Crippen molar-refractivity contribution < 1.29 is 9.53 Å². The molecule has 2 aromatic heterocycles. The minimum atomic E-state index is 0.0514. The lowest BCUT2D eigenvalue weighted by atomic mass is 10.2. The highest BCUT2D eigenvalue weighted by molar-refractivity contribution is 7.12. The summed E-state index contributed by atoms with van der Waals surface area (Å²) in [7, 11) is 1.62. The zero-order valence-corrected chi connectivity index (χ0v) is 14.2. The van der Waals surface area contributed by atoms with Gasteiger partial charge in [0.05, 0.1) is 12.0 Å². The van der Waals surface area contributed by atoms with Crippen molar-refractivity contribution in [3.63, 3.8) is 0 Å². The molecule has 23 heavy (non-hydrogen) atoms. The van der Waals surface area contributed by atoms with Gasteiger partial charge in [-0.1, -0.05) is 6.07 Å². The number of nitrogens with one attached hydrogen (secondary N) is 1. The van der Waals surface area contributed by atoms with E-state index < -0.39 is 0 Å². The van der Waals surface area contributed by atoms with Gasteiger partial charge in [0.25, 0.3) is 5.91 Å². The Kier molecular flexibility index (Phi) is 4.93. The predicted molar refractivity (Wildman–Crippen MR) is 91.0 cm³/mol. The lowest BCUT2D eigenvalue weighted by Crippen LogP contribution is -2.36. The summed E-state index contributed by atoms with van der Waals surface area (Å²) in [5, 5.41) is 5.11. The van der Waals surface area contributed by atoms with Crippen LogP contribution in [0.15, 0.2) is 29.8 Å². The number of hydrogen-bond donors (Lipinski definition) is 1. The van der Waals surface area contributed by atoms with E-state index in [-0.39, 0.29) is 11.9 Å². The Labute approximate surface area is 140 Å². The number of thiophene rings is 1. The molecule has 5 nitrogen and oxygen atoms in total. The number of hydrogen-bond acceptors (Lipinski definition) is 5. The maximum absolute atomic E-state index is 12.3. The first-order valence-corrected chi connectivity index (χ1v) is 8.60. The van der Waals surface area contributed by atoms with Crippen LogP contribution in [0.2, 0.25) is 0 Å². The summed E-state index contributed by atoms with van der Waals surface area (Å²) in [4.78, 5) is 19.7. The van der Waals surface area contributed by atoms with Crippen molar-refractivity contribution in [1.82, 2.24) is 15.2 Å². The smallest absolute Gasteiger partial charge is 0.261 e. The van der Waals surface area contributed by atoms with E-state index in [9.17, 15) is 4.79 Å². The highest BCUT2D eigenvalue weighted by Gasteiger charge is 2.25. The Balaban J connectivity index is 1.52. The molecule has 6 heteroatoms. The quantitative estimate of drug-likeness (QED) is 0.914. The summed E-state index contributed by atoms with van der Waals surface area (Å²) in [5.74, 6) is 0.682. The molecule has 3 heterocycles. The van der Waals surface area contributed by atoms with Crippen molar-refractivity contribution in [2.24, 2.45) is 0 Å². The number of likely N-dealkylation sites (tertiary alicyclic amines) is 1. The van der Waals surface area contributed by atoms with E-state index in [2.05, 4.69) is 15.2 Å². The summed E-state index contributed by atoms with van der Waals surface area (Å²) in [6, 6.07) is 6.11. The summed E-state index contributed by atoms with van der Waals surface area (Å²) in [6.07, 6.45) is 2.83. The van der Waals surface area contributed by atoms with Gasteiger partial charge < -0.3 is 10.1 Å². The van der Waals surface area contributed by atoms with Crippen LogP contribution in [0.1, 0.15) is 27.2 Å². The maximum Gasteiger partial charge on any atom is 0.261 e. The molecule has 1 fully saturated rings. The molecule has 0 saturated carbocycles. The molecule has 122 valence electrons. The van der Waals surface area contributed by atoms with Crippen LogP contribution < -0.4 is 10.1 Å². The standard InChI is InChI=1S/C17H21N3O2S/c1-12-6-8-23-16(12)17(21)19-14-5-7-20(11-14)10-13-3-4-15(22-2)18-9-13/h3-4,6,8-9,14H,5,7,10-11H2,1-2H3,(H,19,21). The largest absolute Gasteiger partial charge is 0.481 e. The second kappa shape index (κ2) is 7.10. The number of carbonyl (C=O) groups excluding carboxylic acids is 1. The second-order valence-electron chi connectivity index (χ2n) is 5.84.